The van der Waals surface area contributed by atoms with Crippen LogP contribution in [-0.2, 0) is 0 Å². The molecule has 1 aromatic rings. The number of rotatable bonds is 3. The van der Waals surface area contributed by atoms with Crippen molar-refractivity contribution >= 4 is 11.8 Å². The Hall–Kier alpha value is -1.13. The molecule has 1 saturated heterocycles. The molecule has 2 N–H and O–H groups in total. The maximum atomic E-state index is 13.4. The molecule has 0 amide bonds. The minimum absolute atomic E-state index is 0.0836. The lowest BCUT2D eigenvalue weighted by Gasteiger charge is -2.36. The zero-order valence-electron chi connectivity index (χ0n) is 11.7. The van der Waals surface area contributed by atoms with Crippen LogP contribution in [0.2, 0.25) is 0 Å². The summed E-state index contributed by atoms with van der Waals surface area (Å²) in [6.45, 7) is 0.842. The summed E-state index contributed by atoms with van der Waals surface area (Å²) >= 11 is -0.511. The normalized spacial score (nSPS) is 18.9. The molecule has 0 aromatic heterocycles. The molecule has 1 atom stereocenters. The first-order chi connectivity index (χ1) is 10.6. The molecule has 0 spiro atoms. The first-order valence-electron chi connectivity index (χ1n) is 6.68. The third-order valence-corrected chi connectivity index (χ3v) is 4.08. The number of piperazine rings is 1. The number of phenolic OH excluding ortho intramolecular Hbond substituents is 1. The molecule has 130 valence electrons. The van der Waals surface area contributed by atoms with Gasteiger partial charge < -0.3 is 10.4 Å². The summed E-state index contributed by atoms with van der Waals surface area (Å²) in [6.07, 6.45) is -4.71. The fourth-order valence-electron chi connectivity index (χ4n) is 2.47. The number of halogens is 6. The van der Waals surface area contributed by atoms with Crippen LogP contribution in [0.25, 0.3) is 0 Å². The number of nitrogens with zero attached hydrogens (tertiary/aromatic N) is 1. The Morgan fingerprint density at radius 2 is 1.70 bits per heavy atom. The standard InChI is InChI=1S/C13H14F6N2OS/c14-12(15,16)11(21-5-3-20-4-6-21)9-7-8(1-2-10(9)22)23-13(17,18)19/h1-2,7,11,20,22H,3-6H2/t11-/m1/s1. The number of hydrogen-bond donors (Lipinski definition) is 2. The van der Waals surface area contributed by atoms with Crippen molar-refractivity contribution in [3.8, 4) is 5.75 Å². The molecular weight excluding hydrogens is 346 g/mol. The van der Waals surface area contributed by atoms with Crippen LogP contribution >= 0.6 is 11.8 Å². The van der Waals surface area contributed by atoms with Crippen LogP contribution < -0.4 is 5.32 Å². The van der Waals surface area contributed by atoms with Crippen LogP contribution in [0.5, 0.6) is 5.75 Å². The SMILES string of the molecule is Oc1ccc(SC(F)(F)F)cc1[C@@H](N1CCNCC1)C(F)(F)F. The van der Waals surface area contributed by atoms with E-state index in [0.29, 0.717) is 13.1 Å². The van der Waals surface area contributed by atoms with Crippen molar-refractivity contribution in [3.05, 3.63) is 23.8 Å². The van der Waals surface area contributed by atoms with Crippen molar-refractivity contribution in [1.82, 2.24) is 10.2 Å². The largest absolute Gasteiger partial charge is 0.508 e. The topological polar surface area (TPSA) is 35.5 Å². The van der Waals surface area contributed by atoms with Crippen LogP contribution in [0.4, 0.5) is 26.3 Å². The fraction of sp³-hybridized carbons (Fsp3) is 0.538. The molecule has 0 bridgehead atoms. The molecule has 2 rings (SSSR count). The quantitative estimate of drug-likeness (QED) is 0.639. The Morgan fingerprint density at radius 1 is 1.09 bits per heavy atom. The molecule has 0 radical (unpaired) electrons. The fourth-order valence-corrected chi connectivity index (χ4v) is 3.06. The van der Waals surface area contributed by atoms with E-state index in [2.05, 4.69) is 5.32 Å². The molecule has 23 heavy (non-hydrogen) atoms. The lowest BCUT2D eigenvalue weighted by Crippen LogP contribution is -2.49. The van der Waals surface area contributed by atoms with Gasteiger partial charge in [-0.15, -0.1) is 0 Å². The summed E-state index contributed by atoms with van der Waals surface area (Å²) in [5, 5.41) is 12.7. The second kappa shape index (κ2) is 6.78. The number of hydrogen-bond acceptors (Lipinski definition) is 4. The lowest BCUT2D eigenvalue weighted by atomic mass is 10.0. The number of thioether (sulfide) groups is 1. The van der Waals surface area contributed by atoms with Gasteiger partial charge in [-0.05, 0) is 30.0 Å². The Labute approximate surface area is 132 Å². The van der Waals surface area contributed by atoms with E-state index in [9.17, 15) is 31.4 Å². The summed E-state index contributed by atoms with van der Waals surface area (Å²) < 4.78 is 77.6. The van der Waals surface area contributed by atoms with E-state index in [-0.39, 0.29) is 13.1 Å². The predicted molar refractivity (Wildman–Crippen MR) is 73.3 cm³/mol. The van der Waals surface area contributed by atoms with Gasteiger partial charge in [0.1, 0.15) is 11.8 Å². The van der Waals surface area contributed by atoms with Gasteiger partial charge in [-0.3, -0.25) is 4.90 Å². The van der Waals surface area contributed by atoms with Crippen LogP contribution in [-0.4, -0.2) is 47.9 Å². The molecule has 1 aromatic carbocycles. The van der Waals surface area contributed by atoms with Gasteiger partial charge in [0.15, 0.2) is 0 Å². The number of benzene rings is 1. The highest BCUT2D eigenvalue weighted by molar-refractivity contribution is 8.00. The third kappa shape index (κ3) is 4.92. The molecule has 1 heterocycles. The average Bonchev–Trinajstić information content (AvgIpc) is 2.41. The zero-order valence-corrected chi connectivity index (χ0v) is 12.5. The number of phenols is 1. The van der Waals surface area contributed by atoms with E-state index < -0.39 is 45.7 Å². The van der Waals surface area contributed by atoms with Crippen LogP contribution in [0.3, 0.4) is 0 Å². The summed E-state index contributed by atoms with van der Waals surface area (Å²) in [4.78, 5) is 0.711. The number of alkyl halides is 6. The van der Waals surface area contributed by atoms with Gasteiger partial charge in [0.2, 0.25) is 0 Å². The molecule has 10 heteroatoms. The molecule has 1 aliphatic rings. The van der Waals surface area contributed by atoms with E-state index in [1.165, 1.54) is 0 Å². The minimum Gasteiger partial charge on any atom is -0.508 e. The Bertz CT molecular complexity index is 542. The highest BCUT2D eigenvalue weighted by atomic mass is 32.2. The van der Waals surface area contributed by atoms with Gasteiger partial charge in [0.05, 0.1) is 0 Å². The summed E-state index contributed by atoms with van der Waals surface area (Å²) in [6, 6.07) is 0.429. The van der Waals surface area contributed by atoms with Crippen molar-refractivity contribution in [1.29, 1.82) is 0 Å². The molecule has 0 saturated carbocycles. The molecule has 0 aliphatic carbocycles. The van der Waals surface area contributed by atoms with E-state index >= 15 is 0 Å². The molecular formula is C13H14F6N2OS. The average molecular weight is 360 g/mol. The van der Waals surface area contributed by atoms with Crippen molar-refractivity contribution < 1.29 is 31.4 Å². The Morgan fingerprint density at radius 3 is 2.22 bits per heavy atom. The van der Waals surface area contributed by atoms with Gasteiger partial charge in [0.25, 0.3) is 0 Å². The van der Waals surface area contributed by atoms with Gasteiger partial charge in [-0.1, -0.05) is 0 Å². The zero-order chi connectivity index (χ0) is 17.3. The number of nitrogens with one attached hydrogen (secondary N) is 1. The molecule has 3 nitrogen and oxygen atoms in total. The third-order valence-electron chi connectivity index (χ3n) is 3.35. The van der Waals surface area contributed by atoms with Gasteiger partial charge in [-0.2, -0.15) is 26.3 Å². The van der Waals surface area contributed by atoms with Crippen LogP contribution in [0.15, 0.2) is 23.1 Å². The van der Waals surface area contributed by atoms with Crippen molar-refractivity contribution in [2.45, 2.75) is 22.6 Å². The van der Waals surface area contributed by atoms with Crippen molar-refractivity contribution in [2.75, 3.05) is 26.2 Å². The molecule has 1 aliphatic heterocycles. The van der Waals surface area contributed by atoms with Crippen molar-refractivity contribution in [2.24, 2.45) is 0 Å². The number of aromatic hydroxyl groups is 1. The first-order valence-corrected chi connectivity index (χ1v) is 7.50. The maximum absolute atomic E-state index is 13.4. The van der Waals surface area contributed by atoms with E-state index in [1.807, 2.05) is 0 Å². The second-order valence-electron chi connectivity index (χ2n) is 5.00. The van der Waals surface area contributed by atoms with Crippen molar-refractivity contribution in [3.63, 3.8) is 0 Å². The van der Waals surface area contributed by atoms with E-state index in [4.69, 9.17) is 0 Å². The smallest absolute Gasteiger partial charge is 0.446 e. The van der Waals surface area contributed by atoms with Gasteiger partial charge in [0, 0.05) is 36.6 Å². The predicted octanol–water partition coefficient (Wildman–Crippen LogP) is 3.51. The summed E-state index contributed by atoms with van der Waals surface area (Å²) in [5.74, 6) is -0.669. The molecule has 1 fully saturated rings. The second-order valence-corrected chi connectivity index (χ2v) is 6.14. The van der Waals surface area contributed by atoms with E-state index in [0.717, 1.165) is 23.1 Å². The highest BCUT2D eigenvalue weighted by Gasteiger charge is 2.46. The lowest BCUT2D eigenvalue weighted by molar-refractivity contribution is -0.188. The highest BCUT2D eigenvalue weighted by Crippen LogP contribution is 2.44. The van der Waals surface area contributed by atoms with Gasteiger partial charge >= 0.3 is 11.7 Å². The van der Waals surface area contributed by atoms with Gasteiger partial charge in [-0.25, -0.2) is 0 Å². The maximum Gasteiger partial charge on any atom is 0.446 e. The summed E-state index contributed by atoms with van der Waals surface area (Å²) in [7, 11) is 0. The minimum atomic E-state index is -4.71. The van der Waals surface area contributed by atoms with E-state index in [1.54, 1.807) is 0 Å². The Balaban J connectivity index is 2.39. The molecule has 0 unspecified atom stereocenters. The first kappa shape index (κ1) is 18.2. The Kier molecular flexibility index (Phi) is 5.37. The van der Waals surface area contributed by atoms with Crippen LogP contribution in [0.1, 0.15) is 11.6 Å². The summed E-state index contributed by atoms with van der Waals surface area (Å²) in [5.41, 5.74) is -5.18. The van der Waals surface area contributed by atoms with Crippen LogP contribution in [0, 0.1) is 0 Å². The monoisotopic (exact) mass is 360 g/mol.